The SMILES string of the molecule is C=CCNC(=NCc1nnc(C)n1C)N1CCC(C2(C)NC(=O)NC2=O)CC1. The molecule has 2 aliphatic rings. The van der Waals surface area contributed by atoms with Crippen LogP contribution in [-0.2, 0) is 18.4 Å². The van der Waals surface area contributed by atoms with Crippen LogP contribution in [0.15, 0.2) is 17.6 Å². The van der Waals surface area contributed by atoms with Crippen LogP contribution in [0.1, 0.15) is 31.4 Å². The topological polar surface area (TPSA) is 117 Å². The number of nitrogens with zero attached hydrogens (tertiary/aromatic N) is 5. The van der Waals surface area contributed by atoms with Gasteiger partial charge in [-0.3, -0.25) is 10.1 Å². The van der Waals surface area contributed by atoms with Crippen LogP contribution in [0.2, 0.25) is 0 Å². The van der Waals surface area contributed by atoms with Crippen molar-refractivity contribution in [2.75, 3.05) is 19.6 Å². The van der Waals surface area contributed by atoms with Gasteiger partial charge in [0.15, 0.2) is 11.8 Å². The van der Waals surface area contributed by atoms with Gasteiger partial charge in [0, 0.05) is 26.7 Å². The molecule has 10 heteroatoms. The molecule has 2 saturated heterocycles. The molecule has 28 heavy (non-hydrogen) atoms. The van der Waals surface area contributed by atoms with Gasteiger partial charge in [0.25, 0.3) is 5.91 Å². The van der Waals surface area contributed by atoms with Crippen LogP contribution in [-0.4, -0.2) is 62.7 Å². The highest BCUT2D eigenvalue weighted by molar-refractivity contribution is 6.07. The Morgan fingerprint density at radius 3 is 2.64 bits per heavy atom. The standard InChI is InChI=1S/C18H28N8O2/c1-5-8-19-16(20-11-14-24-23-12(2)25(14)4)26-9-6-13(7-10-26)18(3)15(27)21-17(28)22-18/h5,13H,1,6-11H2,2-4H3,(H,19,20)(H2,21,22,27,28). The Bertz CT molecular complexity index is 794. The summed E-state index contributed by atoms with van der Waals surface area (Å²) in [4.78, 5) is 30.6. The van der Waals surface area contributed by atoms with Crippen LogP contribution in [0.25, 0.3) is 0 Å². The van der Waals surface area contributed by atoms with E-state index in [9.17, 15) is 9.59 Å². The summed E-state index contributed by atoms with van der Waals surface area (Å²) in [5.74, 6) is 2.26. The average Bonchev–Trinajstić information content (AvgIpc) is 3.14. The molecule has 10 nitrogen and oxygen atoms in total. The molecule has 0 aliphatic carbocycles. The van der Waals surface area contributed by atoms with E-state index in [1.807, 2.05) is 18.5 Å². The summed E-state index contributed by atoms with van der Waals surface area (Å²) < 4.78 is 1.92. The first kappa shape index (κ1) is 19.8. The molecule has 0 saturated carbocycles. The molecular weight excluding hydrogens is 360 g/mol. The van der Waals surface area contributed by atoms with Crippen molar-refractivity contribution in [1.82, 2.24) is 35.6 Å². The molecule has 1 aromatic heterocycles. The van der Waals surface area contributed by atoms with Gasteiger partial charge >= 0.3 is 6.03 Å². The maximum atomic E-state index is 12.2. The first-order valence-corrected chi connectivity index (χ1v) is 9.47. The number of likely N-dealkylation sites (tertiary alicyclic amines) is 1. The van der Waals surface area contributed by atoms with Gasteiger partial charge in [0.05, 0.1) is 0 Å². The molecule has 0 radical (unpaired) electrons. The molecule has 0 spiro atoms. The first-order chi connectivity index (χ1) is 13.3. The van der Waals surface area contributed by atoms with Gasteiger partial charge in [0.2, 0.25) is 0 Å². The number of piperidine rings is 1. The lowest BCUT2D eigenvalue weighted by Crippen LogP contribution is -2.55. The predicted octanol–water partition coefficient (Wildman–Crippen LogP) is 0.0652. The Hall–Kier alpha value is -2.91. The Morgan fingerprint density at radius 1 is 1.39 bits per heavy atom. The van der Waals surface area contributed by atoms with Crippen LogP contribution in [0.4, 0.5) is 4.79 Å². The van der Waals surface area contributed by atoms with E-state index in [0.29, 0.717) is 13.1 Å². The Labute approximate surface area is 164 Å². The van der Waals surface area contributed by atoms with E-state index in [1.165, 1.54) is 0 Å². The van der Waals surface area contributed by atoms with Crippen molar-refractivity contribution in [1.29, 1.82) is 0 Å². The summed E-state index contributed by atoms with van der Waals surface area (Å²) in [6.07, 6.45) is 3.35. The lowest BCUT2D eigenvalue weighted by atomic mass is 9.79. The van der Waals surface area contributed by atoms with Crippen LogP contribution >= 0.6 is 0 Å². The third-order valence-electron chi connectivity index (χ3n) is 5.64. The number of hydrogen-bond donors (Lipinski definition) is 3. The number of carbonyl (C=O) groups excluding carboxylic acids is 2. The second-order valence-corrected chi connectivity index (χ2v) is 7.40. The third-order valence-corrected chi connectivity index (χ3v) is 5.64. The minimum absolute atomic E-state index is 0.0808. The summed E-state index contributed by atoms with van der Waals surface area (Å²) in [6, 6.07) is -0.413. The zero-order valence-corrected chi connectivity index (χ0v) is 16.7. The van der Waals surface area contributed by atoms with Gasteiger partial charge in [-0.2, -0.15) is 0 Å². The minimum Gasteiger partial charge on any atom is -0.353 e. The van der Waals surface area contributed by atoms with Crippen molar-refractivity contribution in [2.45, 2.75) is 38.8 Å². The molecule has 1 unspecified atom stereocenters. The lowest BCUT2D eigenvalue weighted by Gasteiger charge is -2.39. The van der Waals surface area contributed by atoms with Gasteiger partial charge in [-0.15, -0.1) is 16.8 Å². The van der Waals surface area contributed by atoms with Gasteiger partial charge in [-0.25, -0.2) is 9.79 Å². The summed E-state index contributed by atoms with van der Waals surface area (Å²) in [5.41, 5.74) is -0.842. The second-order valence-electron chi connectivity index (χ2n) is 7.40. The maximum absolute atomic E-state index is 12.2. The van der Waals surface area contributed by atoms with Crippen molar-refractivity contribution >= 4 is 17.9 Å². The molecule has 1 atom stereocenters. The first-order valence-electron chi connectivity index (χ1n) is 9.47. The Balaban J connectivity index is 1.67. The fourth-order valence-corrected chi connectivity index (χ4v) is 3.68. The Morgan fingerprint density at radius 2 is 2.11 bits per heavy atom. The number of aromatic nitrogens is 3. The number of urea groups is 1. The van der Waals surface area contributed by atoms with Crippen molar-refractivity contribution < 1.29 is 9.59 Å². The third kappa shape index (κ3) is 3.85. The van der Waals surface area contributed by atoms with E-state index in [0.717, 1.165) is 43.5 Å². The van der Waals surface area contributed by atoms with Gasteiger partial charge in [0.1, 0.15) is 17.9 Å². The molecule has 152 valence electrons. The van der Waals surface area contributed by atoms with E-state index < -0.39 is 11.6 Å². The highest BCUT2D eigenvalue weighted by Crippen LogP contribution is 2.30. The average molecular weight is 388 g/mol. The molecule has 3 rings (SSSR count). The molecule has 3 heterocycles. The van der Waals surface area contributed by atoms with Crippen LogP contribution < -0.4 is 16.0 Å². The van der Waals surface area contributed by atoms with E-state index in [4.69, 9.17) is 4.99 Å². The predicted molar refractivity (Wildman–Crippen MR) is 104 cm³/mol. The number of aliphatic imine (C=N–C) groups is 1. The molecule has 1 aromatic rings. The van der Waals surface area contributed by atoms with E-state index in [2.05, 4.69) is 37.6 Å². The van der Waals surface area contributed by atoms with Crippen LogP contribution in [0, 0.1) is 12.8 Å². The van der Waals surface area contributed by atoms with Crippen molar-refractivity contribution in [3.05, 3.63) is 24.3 Å². The number of nitrogens with one attached hydrogen (secondary N) is 3. The van der Waals surface area contributed by atoms with Crippen LogP contribution in [0.3, 0.4) is 0 Å². The number of aryl methyl sites for hydroxylation is 1. The number of carbonyl (C=O) groups is 2. The molecule has 2 aliphatic heterocycles. The highest BCUT2D eigenvalue weighted by atomic mass is 16.2. The smallest absolute Gasteiger partial charge is 0.322 e. The number of amides is 3. The zero-order valence-electron chi connectivity index (χ0n) is 16.7. The molecule has 2 fully saturated rings. The molecule has 3 N–H and O–H groups in total. The normalized spacial score (nSPS) is 23.5. The molecule has 0 aromatic carbocycles. The van der Waals surface area contributed by atoms with Crippen molar-refractivity contribution in [2.24, 2.45) is 18.0 Å². The second kappa shape index (κ2) is 7.99. The van der Waals surface area contributed by atoms with E-state index >= 15 is 0 Å². The summed E-state index contributed by atoms with van der Waals surface area (Å²) in [5, 5.41) is 16.7. The van der Waals surface area contributed by atoms with Gasteiger partial charge < -0.3 is 20.1 Å². The summed E-state index contributed by atoms with van der Waals surface area (Å²) >= 11 is 0. The number of imide groups is 1. The highest BCUT2D eigenvalue weighted by Gasteiger charge is 2.48. The molecule has 0 bridgehead atoms. The largest absolute Gasteiger partial charge is 0.353 e. The van der Waals surface area contributed by atoms with E-state index in [-0.39, 0.29) is 11.8 Å². The Kier molecular flexibility index (Phi) is 5.66. The number of hydrogen-bond acceptors (Lipinski definition) is 5. The van der Waals surface area contributed by atoms with Gasteiger partial charge in [-0.1, -0.05) is 6.08 Å². The fraction of sp³-hybridized carbons (Fsp3) is 0.611. The van der Waals surface area contributed by atoms with E-state index in [1.54, 1.807) is 13.0 Å². The lowest BCUT2D eigenvalue weighted by molar-refractivity contribution is -0.125. The monoisotopic (exact) mass is 388 g/mol. The summed E-state index contributed by atoms with van der Waals surface area (Å²) in [6.45, 7) is 9.97. The minimum atomic E-state index is -0.842. The van der Waals surface area contributed by atoms with Crippen molar-refractivity contribution in [3.8, 4) is 0 Å². The fourth-order valence-electron chi connectivity index (χ4n) is 3.68. The van der Waals surface area contributed by atoms with Crippen LogP contribution in [0.5, 0.6) is 0 Å². The van der Waals surface area contributed by atoms with Crippen molar-refractivity contribution in [3.63, 3.8) is 0 Å². The number of guanidine groups is 1. The maximum Gasteiger partial charge on any atom is 0.322 e. The zero-order chi connectivity index (χ0) is 20.3. The number of rotatable bonds is 5. The summed E-state index contributed by atoms with van der Waals surface area (Å²) in [7, 11) is 1.92. The van der Waals surface area contributed by atoms with Gasteiger partial charge in [-0.05, 0) is 32.6 Å². The molecule has 3 amide bonds. The molecular formula is C18H28N8O2. The quantitative estimate of drug-likeness (QED) is 0.284.